The minimum Gasteiger partial charge on any atom is -0.476 e. The Morgan fingerprint density at radius 3 is 2.76 bits per heavy atom. The quantitative estimate of drug-likeness (QED) is 0.875. The van der Waals surface area contributed by atoms with Gasteiger partial charge in [0.15, 0.2) is 10.8 Å². The number of hydrogen-bond acceptors (Lipinski definition) is 4. The number of aromatic nitrogens is 1. The molecule has 0 fully saturated rings. The van der Waals surface area contributed by atoms with Crippen molar-refractivity contribution in [1.29, 1.82) is 0 Å². The lowest BCUT2D eigenvalue weighted by Gasteiger charge is -2.02. The molecule has 0 spiro atoms. The second-order valence-electron chi connectivity index (χ2n) is 3.72. The third kappa shape index (κ3) is 2.62. The molecule has 2 rings (SSSR count). The van der Waals surface area contributed by atoms with Crippen molar-refractivity contribution in [3.05, 3.63) is 40.4 Å². The van der Waals surface area contributed by atoms with Crippen LogP contribution in [0.5, 0.6) is 0 Å². The Morgan fingerprint density at radius 1 is 1.41 bits per heavy atom. The van der Waals surface area contributed by atoms with E-state index in [9.17, 15) is 4.79 Å². The summed E-state index contributed by atoms with van der Waals surface area (Å²) >= 11 is 1.34. The highest BCUT2D eigenvalue weighted by atomic mass is 32.1. The molecule has 0 aliphatic carbocycles. The Balaban J connectivity index is 2.25. The summed E-state index contributed by atoms with van der Waals surface area (Å²) in [4.78, 5) is 15.6. The molecule has 17 heavy (non-hydrogen) atoms. The standard InChI is InChI=1S/C12H12N2O2S/c1-7-4-3-5-9(6-7)13-12-14-10(11(15)16)8(2)17-12/h3-6H,1-2H3,(H,13,14)(H,15,16). The second kappa shape index (κ2) is 4.55. The van der Waals surface area contributed by atoms with E-state index in [0.717, 1.165) is 11.3 Å². The molecule has 0 saturated carbocycles. The average molecular weight is 248 g/mol. The van der Waals surface area contributed by atoms with Crippen molar-refractivity contribution in [2.24, 2.45) is 0 Å². The van der Waals surface area contributed by atoms with Crippen LogP contribution in [0.15, 0.2) is 24.3 Å². The number of rotatable bonds is 3. The normalized spacial score (nSPS) is 10.2. The van der Waals surface area contributed by atoms with E-state index < -0.39 is 5.97 Å². The Labute approximate surface area is 103 Å². The van der Waals surface area contributed by atoms with E-state index in [1.54, 1.807) is 6.92 Å². The first kappa shape index (κ1) is 11.6. The van der Waals surface area contributed by atoms with Crippen molar-refractivity contribution >= 4 is 28.1 Å². The van der Waals surface area contributed by atoms with Gasteiger partial charge >= 0.3 is 5.97 Å². The van der Waals surface area contributed by atoms with Crippen LogP contribution in [0.4, 0.5) is 10.8 Å². The number of anilines is 2. The van der Waals surface area contributed by atoms with Crippen LogP contribution in [0, 0.1) is 13.8 Å². The molecule has 0 bridgehead atoms. The van der Waals surface area contributed by atoms with E-state index in [2.05, 4.69) is 10.3 Å². The van der Waals surface area contributed by atoms with Crippen LogP contribution in [-0.2, 0) is 0 Å². The zero-order valence-corrected chi connectivity index (χ0v) is 10.3. The fourth-order valence-electron chi connectivity index (χ4n) is 1.49. The molecule has 1 heterocycles. The summed E-state index contributed by atoms with van der Waals surface area (Å²) in [6, 6.07) is 7.85. The zero-order chi connectivity index (χ0) is 12.4. The van der Waals surface area contributed by atoms with E-state index in [1.165, 1.54) is 11.3 Å². The number of carbonyl (C=O) groups is 1. The minimum absolute atomic E-state index is 0.116. The van der Waals surface area contributed by atoms with Gasteiger partial charge in [0.2, 0.25) is 0 Å². The van der Waals surface area contributed by atoms with Gasteiger partial charge in [0, 0.05) is 10.6 Å². The number of benzene rings is 1. The third-order valence-corrected chi connectivity index (χ3v) is 3.15. The summed E-state index contributed by atoms with van der Waals surface area (Å²) in [6.07, 6.45) is 0. The molecule has 0 radical (unpaired) electrons. The third-order valence-electron chi connectivity index (χ3n) is 2.27. The van der Waals surface area contributed by atoms with Gasteiger partial charge in [-0.3, -0.25) is 0 Å². The first-order valence-corrected chi connectivity index (χ1v) is 5.92. The van der Waals surface area contributed by atoms with E-state index in [-0.39, 0.29) is 5.69 Å². The second-order valence-corrected chi connectivity index (χ2v) is 4.93. The highest BCUT2D eigenvalue weighted by Gasteiger charge is 2.13. The van der Waals surface area contributed by atoms with Gasteiger partial charge in [-0.1, -0.05) is 12.1 Å². The van der Waals surface area contributed by atoms with E-state index >= 15 is 0 Å². The zero-order valence-electron chi connectivity index (χ0n) is 9.52. The number of thiazole rings is 1. The Hall–Kier alpha value is -1.88. The molecule has 1 aromatic carbocycles. The van der Waals surface area contributed by atoms with Gasteiger partial charge in [-0.05, 0) is 31.5 Å². The molecule has 0 amide bonds. The molecular formula is C12H12N2O2S. The maximum atomic E-state index is 10.9. The van der Waals surface area contributed by atoms with Gasteiger partial charge in [-0.15, -0.1) is 11.3 Å². The van der Waals surface area contributed by atoms with Crippen molar-refractivity contribution in [2.45, 2.75) is 13.8 Å². The van der Waals surface area contributed by atoms with Crippen molar-refractivity contribution in [3.8, 4) is 0 Å². The predicted molar refractivity (Wildman–Crippen MR) is 68.3 cm³/mol. The van der Waals surface area contributed by atoms with Gasteiger partial charge in [0.05, 0.1) is 0 Å². The lowest BCUT2D eigenvalue weighted by Crippen LogP contribution is -1.99. The van der Waals surface area contributed by atoms with E-state index in [1.807, 2.05) is 31.2 Å². The lowest BCUT2D eigenvalue weighted by molar-refractivity contribution is 0.0690. The summed E-state index contributed by atoms with van der Waals surface area (Å²) < 4.78 is 0. The van der Waals surface area contributed by atoms with Crippen LogP contribution in [0.3, 0.4) is 0 Å². The van der Waals surface area contributed by atoms with Gasteiger partial charge < -0.3 is 10.4 Å². The summed E-state index contributed by atoms with van der Waals surface area (Å²) in [6.45, 7) is 3.75. The van der Waals surface area contributed by atoms with Crippen LogP contribution in [0.1, 0.15) is 20.9 Å². The van der Waals surface area contributed by atoms with Crippen molar-refractivity contribution in [3.63, 3.8) is 0 Å². The predicted octanol–water partition coefficient (Wildman–Crippen LogP) is 3.20. The summed E-state index contributed by atoms with van der Waals surface area (Å²) in [7, 11) is 0. The van der Waals surface area contributed by atoms with Gasteiger partial charge in [0.1, 0.15) is 0 Å². The molecule has 2 aromatic rings. The molecule has 0 aliphatic rings. The number of nitrogens with zero attached hydrogens (tertiary/aromatic N) is 1. The average Bonchev–Trinajstić information content (AvgIpc) is 2.59. The Bertz CT molecular complexity index is 563. The monoisotopic (exact) mass is 248 g/mol. The van der Waals surface area contributed by atoms with Crippen molar-refractivity contribution < 1.29 is 9.90 Å². The van der Waals surface area contributed by atoms with Gasteiger partial charge in [0.25, 0.3) is 0 Å². The molecular weight excluding hydrogens is 236 g/mol. The fourth-order valence-corrected chi connectivity index (χ4v) is 2.32. The molecule has 1 aromatic heterocycles. The van der Waals surface area contributed by atoms with Crippen LogP contribution < -0.4 is 5.32 Å². The van der Waals surface area contributed by atoms with Crippen molar-refractivity contribution in [2.75, 3.05) is 5.32 Å². The number of aromatic carboxylic acids is 1. The Kier molecular flexibility index (Phi) is 3.10. The van der Waals surface area contributed by atoms with Crippen LogP contribution in [-0.4, -0.2) is 16.1 Å². The first-order valence-electron chi connectivity index (χ1n) is 5.10. The summed E-state index contributed by atoms with van der Waals surface area (Å²) in [5, 5.41) is 12.6. The van der Waals surface area contributed by atoms with E-state index in [0.29, 0.717) is 10.0 Å². The SMILES string of the molecule is Cc1cccc(Nc2nc(C(=O)O)c(C)s2)c1. The van der Waals surface area contributed by atoms with Gasteiger partial charge in [-0.25, -0.2) is 9.78 Å². The smallest absolute Gasteiger partial charge is 0.355 e. The lowest BCUT2D eigenvalue weighted by atomic mass is 10.2. The van der Waals surface area contributed by atoms with Crippen LogP contribution >= 0.6 is 11.3 Å². The molecule has 88 valence electrons. The molecule has 0 aliphatic heterocycles. The van der Waals surface area contributed by atoms with Gasteiger partial charge in [-0.2, -0.15) is 0 Å². The topological polar surface area (TPSA) is 62.2 Å². The maximum absolute atomic E-state index is 10.9. The number of aryl methyl sites for hydroxylation is 2. The highest BCUT2D eigenvalue weighted by Crippen LogP contribution is 2.25. The largest absolute Gasteiger partial charge is 0.476 e. The van der Waals surface area contributed by atoms with Crippen molar-refractivity contribution in [1.82, 2.24) is 4.98 Å². The highest BCUT2D eigenvalue weighted by molar-refractivity contribution is 7.15. The number of nitrogens with one attached hydrogen (secondary N) is 1. The number of carboxylic acids is 1. The van der Waals surface area contributed by atoms with E-state index in [4.69, 9.17) is 5.11 Å². The summed E-state index contributed by atoms with van der Waals surface area (Å²) in [5.74, 6) is -0.990. The first-order chi connectivity index (χ1) is 8.06. The van der Waals surface area contributed by atoms with Crippen LogP contribution in [0.2, 0.25) is 0 Å². The molecule has 5 heteroatoms. The molecule has 0 saturated heterocycles. The number of carboxylic acid groups (broad SMARTS) is 1. The molecule has 0 atom stereocenters. The maximum Gasteiger partial charge on any atom is 0.355 e. The fraction of sp³-hybridized carbons (Fsp3) is 0.167. The summed E-state index contributed by atoms with van der Waals surface area (Å²) in [5.41, 5.74) is 2.17. The minimum atomic E-state index is -0.990. The Morgan fingerprint density at radius 2 is 2.18 bits per heavy atom. The van der Waals surface area contributed by atoms with Crippen LogP contribution in [0.25, 0.3) is 0 Å². The molecule has 0 unspecified atom stereocenters. The molecule has 4 nitrogen and oxygen atoms in total. The molecule has 2 N–H and O–H groups in total. The number of hydrogen-bond donors (Lipinski definition) is 2.